The first-order chi connectivity index (χ1) is 8.54. The van der Waals surface area contributed by atoms with Crippen molar-refractivity contribution < 1.29 is 9.84 Å². The number of rotatable bonds is 11. The van der Waals surface area contributed by atoms with Gasteiger partial charge in [-0.05, 0) is 27.2 Å². The zero-order valence-electron chi connectivity index (χ0n) is 12.7. The Labute approximate surface area is 112 Å². The van der Waals surface area contributed by atoms with E-state index < -0.39 is 6.23 Å². The minimum Gasteiger partial charge on any atom is -0.383 e. The number of likely N-dealkylation sites (N-methyl/N-ethyl adjacent to an activating group) is 3. The van der Waals surface area contributed by atoms with E-state index in [1.165, 1.54) is 0 Å². The number of methoxy groups -OCH3 is 1. The second-order valence-electron chi connectivity index (χ2n) is 4.74. The SMILES string of the molecule is CCN(CC)CCN(C)CC(O)N(C)CCOC. The van der Waals surface area contributed by atoms with E-state index in [0.717, 1.165) is 32.7 Å². The number of hydrogen-bond donors (Lipinski definition) is 1. The summed E-state index contributed by atoms with van der Waals surface area (Å²) in [6, 6.07) is 0. The Morgan fingerprint density at radius 3 is 2.17 bits per heavy atom. The van der Waals surface area contributed by atoms with Crippen LogP contribution in [0.25, 0.3) is 0 Å². The third-order valence-electron chi connectivity index (χ3n) is 3.32. The summed E-state index contributed by atoms with van der Waals surface area (Å²) in [6.07, 6.45) is -0.429. The van der Waals surface area contributed by atoms with Gasteiger partial charge in [-0.1, -0.05) is 13.8 Å². The third kappa shape index (κ3) is 8.00. The van der Waals surface area contributed by atoms with Crippen molar-refractivity contribution in [3.63, 3.8) is 0 Å². The van der Waals surface area contributed by atoms with Gasteiger partial charge in [0.05, 0.1) is 6.61 Å². The van der Waals surface area contributed by atoms with Gasteiger partial charge >= 0.3 is 0 Å². The third-order valence-corrected chi connectivity index (χ3v) is 3.32. The molecule has 0 spiro atoms. The zero-order chi connectivity index (χ0) is 14.0. The number of aliphatic hydroxyl groups excluding tert-OH is 1. The molecule has 0 aromatic rings. The molecule has 1 atom stereocenters. The van der Waals surface area contributed by atoms with Gasteiger partial charge in [-0.3, -0.25) is 4.90 Å². The van der Waals surface area contributed by atoms with Crippen LogP contribution in [0, 0.1) is 0 Å². The molecule has 110 valence electrons. The van der Waals surface area contributed by atoms with Crippen LogP contribution in [0.3, 0.4) is 0 Å². The molecular weight excluding hydrogens is 230 g/mol. The van der Waals surface area contributed by atoms with Gasteiger partial charge < -0.3 is 19.6 Å². The maximum atomic E-state index is 10.0. The van der Waals surface area contributed by atoms with E-state index in [2.05, 4.69) is 30.7 Å². The predicted molar refractivity (Wildman–Crippen MR) is 75.8 cm³/mol. The van der Waals surface area contributed by atoms with Crippen molar-refractivity contribution in [3.8, 4) is 0 Å². The number of aliphatic hydroxyl groups is 1. The molecule has 18 heavy (non-hydrogen) atoms. The summed E-state index contributed by atoms with van der Waals surface area (Å²) in [5, 5.41) is 10.0. The molecule has 0 aliphatic carbocycles. The summed E-state index contributed by atoms with van der Waals surface area (Å²) in [7, 11) is 5.65. The minimum atomic E-state index is -0.429. The molecule has 0 saturated carbocycles. The Kier molecular flexibility index (Phi) is 10.6. The first-order valence-corrected chi connectivity index (χ1v) is 6.83. The molecule has 0 aromatic carbocycles. The molecule has 0 aliphatic heterocycles. The number of hydrogen-bond acceptors (Lipinski definition) is 5. The lowest BCUT2D eigenvalue weighted by atomic mass is 10.4. The van der Waals surface area contributed by atoms with E-state index in [0.29, 0.717) is 13.2 Å². The standard InChI is InChI=1S/C13H31N3O2/c1-6-16(7-2)9-8-14(3)12-13(17)15(4)10-11-18-5/h13,17H,6-12H2,1-5H3. The van der Waals surface area contributed by atoms with Crippen LogP contribution >= 0.6 is 0 Å². The fourth-order valence-corrected chi connectivity index (χ4v) is 1.75. The van der Waals surface area contributed by atoms with Gasteiger partial charge in [-0.15, -0.1) is 0 Å². The number of nitrogens with zero attached hydrogens (tertiary/aromatic N) is 3. The lowest BCUT2D eigenvalue weighted by Crippen LogP contribution is -2.44. The Morgan fingerprint density at radius 1 is 1.06 bits per heavy atom. The van der Waals surface area contributed by atoms with Crippen molar-refractivity contribution in [2.24, 2.45) is 0 Å². The molecule has 1 unspecified atom stereocenters. The molecule has 1 N–H and O–H groups in total. The Hall–Kier alpha value is -0.200. The van der Waals surface area contributed by atoms with Crippen molar-refractivity contribution in [2.45, 2.75) is 20.1 Å². The summed E-state index contributed by atoms with van der Waals surface area (Å²) in [5.74, 6) is 0. The maximum Gasteiger partial charge on any atom is 0.120 e. The van der Waals surface area contributed by atoms with Crippen molar-refractivity contribution in [3.05, 3.63) is 0 Å². The Bertz CT molecular complexity index is 189. The molecular formula is C13H31N3O2. The highest BCUT2D eigenvalue weighted by molar-refractivity contribution is 4.64. The van der Waals surface area contributed by atoms with Crippen molar-refractivity contribution in [1.29, 1.82) is 0 Å². The minimum absolute atomic E-state index is 0.429. The smallest absolute Gasteiger partial charge is 0.120 e. The quantitative estimate of drug-likeness (QED) is 0.536. The fraction of sp³-hybridized carbons (Fsp3) is 1.00. The van der Waals surface area contributed by atoms with Gasteiger partial charge in [0, 0.05) is 33.3 Å². The molecule has 0 aliphatic rings. The normalized spacial score (nSPS) is 13.8. The van der Waals surface area contributed by atoms with Gasteiger partial charge in [0.1, 0.15) is 6.23 Å². The first-order valence-electron chi connectivity index (χ1n) is 6.83. The monoisotopic (exact) mass is 261 g/mol. The van der Waals surface area contributed by atoms with Gasteiger partial charge in [-0.2, -0.15) is 0 Å². The molecule has 0 bridgehead atoms. The highest BCUT2D eigenvalue weighted by Crippen LogP contribution is 1.96. The second kappa shape index (κ2) is 10.7. The second-order valence-corrected chi connectivity index (χ2v) is 4.74. The summed E-state index contributed by atoms with van der Waals surface area (Å²) in [6.45, 7) is 10.6. The van der Waals surface area contributed by atoms with Crippen LogP contribution in [0.2, 0.25) is 0 Å². The Balaban J connectivity index is 3.81. The van der Waals surface area contributed by atoms with Gasteiger partial charge in [0.15, 0.2) is 0 Å². The van der Waals surface area contributed by atoms with E-state index in [9.17, 15) is 5.11 Å². The largest absolute Gasteiger partial charge is 0.383 e. The molecule has 5 heteroatoms. The van der Waals surface area contributed by atoms with Crippen LogP contribution in [0.5, 0.6) is 0 Å². The highest BCUT2D eigenvalue weighted by Gasteiger charge is 2.13. The van der Waals surface area contributed by atoms with E-state index in [-0.39, 0.29) is 0 Å². The summed E-state index contributed by atoms with van der Waals surface area (Å²) >= 11 is 0. The highest BCUT2D eigenvalue weighted by atomic mass is 16.5. The molecule has 0 heterocycles. The van der Waals surface area contributed by atoms with Crippen LogP contribution in [-0.4, -0.2) is 93.1 Å². The first kappa shape index (κ1) is 17.8. The van der Waals surface area contributed by atoms with Crippen LogP contribution in [0.15, 0.2) is 0 Å². The number of ether oxygens (including phenoxy) is 1. The molecule has 0 radical (unpaired) electrons. The lowest BCUT2D eigenvalue weighted by Gasteiger charge is -2.29. The summed E-state index contributed by atoms with van der Waals surface area (Å²) in [4.78, 5) is 6.47. The van der Waals surface area contributed by atoms with Crippen molar-refractivity contribution >= 4 is 0 Å². The van der Waals surface area contributed by atoms with Crippen LogP contribution in [0.4, 0.5) is 0 Å². The van der Waals surface area contributed by atoms with Crippen LogP contribution in [0.1, 0.15) is 13.8 Å². The maximum absolute atomic E-state index is 10.0. The van der Waals surface area contributed by atoms with Crippen LogP contribution < -0.4 is 0 Å². The molecule has 0 rings (SSSR count). The fourth-order valence-electron chi connectivity index (χ4n) is 1.75. The molecule has 0 aromatic heterocycles. The lowest BCUT2D eigenvalue weighted by molar-refractivity contribution is -0.0124. The molecule has 5 nitrogen and oxygen atoms in total. The molecule has 0 amide bonds. The molecule has 0 saturated heterocycles. The molecule has 0 fully saturated rings. The Morgan fingerprint density at radius 2 is 1.67 bits per heavy atom. The average molecular weight is 261 g/mol. The van der Waals surface area contributed by atoms with Gasteiger partial charge in [0.25, 0.3) is 0 Å². The zero-order valence-corrected chi connectivity index (χ0v) is 12.7. The summed E-state index contributed by atoms with van der Waals surface area (Å²) in [5.41, 5.74) is 0. The predicted octanol–water partition coefficient (Wildman–Crippen LogP) is 0.157. The van der Waals surface area contributed by atoms with Crippen molar-refractivity contribution in [1.82, 2.24) is 14.7 Å². The van der Waals surface area contributed by atoms with E-state index in [1.54, 1.807) is 7.11 Å². The average Bonchev–Trinajstić information content (AvgIpc) is 2.36. The van der Waals surface area contributed by atoms with Crippen LogP contribution in [-0.2, 0) is 4.74 Å². The van der Waals surface area contributed by atoms with Crippen molar-refractivity contribution in [2.75, 3.05) is 67.1 Å². The van der Waals surface area contributed by atoms with E-state index in [4.69, 9.17) is 4.74 Å². The van der Waals surface area contributed by atoms with Gasteiger partial charge in [0.2, 0.25) is 0 Å². The van der Waals surface area contributed by atoms with E-state index in [1.807, 2.05) is 11.9 Å². The topological polar surface area (TPSA) is 39.2 Å². The van der Waals surface area contributed by atoms with E-state index >= 15 is 0 Å². The van der Waals surface area contributed by atoms with Gasteiger partial charge in [-0.25, -0.2) is 0 Å². The summed E-state index contributed by atoms with van der Waals surface area (Å²) < 4.78 is 5.00.